The molecule has 1 aromatic carbocycles. The van der Waals surface area contributed by atoms with Crippen LogP contribution in [0.3, 0.4) is 0 Å². The van der Waals surface area contributed by atoms with E-state index in [9.17, 15) is 18.0 Å². The normalized spacial score (nSPS) is 14.0. The molecule has 20 heavy (non-hydrogen) atoms. The van der Waals surface area contributed by atoms with Crippen LogP contribution in [0.2, 0.25) is 0 Å². The summed E-state index contributed by atoms with van der Waals surface area (Å²) in [6.07, 6.45) is -4.48. The third-order valence-corrected chi connectivity index (χ3v) is 4.80. The van der Waals surface area contributed by atoms with Gasteiger partial charge in [0.15, 0.2) is 0 Å². The summed E-state index contributed by atoms with van der Waals surface area (Å²) in [6.45, 7) is 5.42. The Morgan fingerprint density at radius 3 is 2.30 bits per heavy atom. The van der Waals surface area contributed by atoms with Gasteiger partial charge in [-0.1, -0.05) is 22.9 Å². The van der Waals surface area contributed by atoms with Crippen molar-refractivity contribution in [1.29, 1.82) is 0 Å². The lowest BCUT2D eigenvalue weighted by atomic mass is 10.0. The van der Waals surface area contributed by atoms with Crippen LogP contribution in [0.25, 0.3) is 0 Å². The number of carbonyl (C=O) groups is 1. The Kier molecular flexibility index (Phi) is 5.29. The standard InChI is InChI=1S/C13H14Br2F3NO/c1-7(14)12(2,3)19-11(20)9-6-8(13(16,17)18)4-5-10(9)15/h4-7H,1-3H3,(H,19,20). The van der Waals surface area contributed by atoms with Crippen LogP contribution in [0.4, 0.5) is 13.2 Å². The van der Waals surface area contributed by atoms with Crippen molar-refractivity contribution in [3.05, 3.63) is 33.8 Å². The first-order valence-corrected chi connectivity index (χ1v) is 7.49. The third kappa shape index (κ3) is 4.22. The van der Waals surface area contributed by atoms with Gasteiger partial charge >= 0.3 is 6.18 Å². The Hall–Kier alpha value is -0.560. The van der Waals surface area contributed by atoms with Crippen molar-refractivity contribution in [2.24, 2.45) is 0 Å². The highest BCUT2D eigenvalue weighted by molar-refractivity contribution is 9.10. The number of halogens is 5. The van der Waals surface area contributed by atoms with E-state index in [1.54, 1.807) is 13.8 Å². The van der Waals surface area contributed by atoms with Gasteiger partial charge in [-0.15, -0.1) is 0 Å². The molecule has 0 aliphatic carbocycles. The number of amides is 1. The van der Waals surface area contributed by atoms with Gasteiger partial charge in [-0.05, 0) is 48.0 Å². The van der Waals surface area contributed by atoms with Gasteiger partial charge in [0.1, 0.15) is 0 Å². The second-order valence-electron chi connectivity index (χ2n) is 4.98. The number of hydrogen-bond acceptors (Lipinski definition) is 1. The maximum Gasteiger partial charge on any atom is 0.416 e. The summed E-state index contributed by atoms with van der Waals surface area (Å²) < 4.78 is 38.3. The van der Waals surface area contributed by atoms with Crippen molar-refractivity contribution in [3.63, 3.8) is 0 Å². The van der Waals surface area contributed by atoms with Gasteiger partial charge in [0.05, 0.1) is 11.1 Å². The van der Waals surface area contributed by atoms with Crippen LogP contribution in [0.5, 0.6) is 0 Å². The second kappa shape index (κ2) is 6.05. The Bertz CT molecular complexity index is 513. The van der Waals surface area contributed by atoms with E-state index in [0.717, 1.165) is 12.1 Å². The lowest BCUT2D eigenvalue weighted by Gasteiger charge is -2.29. The topological polar surface area (TPSA) is 29.1 Å². The number of alkyl halides is 4. The van der Waals surface area contributed by atoms with Crippen LogP contribution < -0.4 is 5.32 Å². The van der Waals surface area contributed by atoms with Crippen LogP contribution in [0.15, 0.2) is 22.7 Å². The van der Waals surface area contributed by atoms with Crippen LogP contribution in [-0.4, -0.2) is 16.3 Å². The zero-order valence-corrected chi connectivity index (χ0v) is 14.3. The molecule has 1 rings (SSSR count). The lowest BCUT2D eigenvalue weighted by molar-refractivity contribution is -0.137. The minimum atomic E-state index is -4.48. The van der Waals surface area contributed by atoms with Gasteiger partial charge in [0.25, 0.3) is 5.91 Å². The zero-order chi connectivity index (χ0) is 15.7. The predicted molar refractivity (Wildman–Crippen MR) is 79.1 cm³/mol. The van der Waals surface area contributed by atoms with Gasteiger partial charge in [0.2, 0.25) is 0 Å². The molecule has 1 aromatic rings. The van der Waals surface area contributed by atoms with Crippen molar-refractivity contribution in [1.82, 2.24) is 5.32 Å². The average molecular weight is 417 g/mol. The fraction of sp³-hybridized carbons (Fsp3) is 0.462. The lowest BCUT2D eigenvalue weighted by Crippen LogP contribution is -2.48. The molecule has 1 atom stereocenters. The number of carbonyl (C=O) groups excluding carboxylic acids is 1. The Morgan fingerprint density at radius 1 is 1.30 bits per heavy atom. The van der Waals surface area contributed by atoms with Crippen molar-refractivity contribution in [3.8, 4) is 0 Å². The monoisotopic (exact) mass is 415 g/mol. The summed E-state index contributed by atoms with van der Waals surface area (Å²) >= 11 is 6.46. The fourth-order valence-corrected chi connectivity index (χ4v) is 1.88. The predicted octanol–water partition coefficient (Wildman–Crippen LogP) is 4.76. The smallest absolute Gasteiger partial charge is 0.346 e. The second-order valence-corrected chi connectivity index (χ2v) is 7.21. The van der Waals surface area contributed by atoms with Gasteiger partial charge in [0, 0.05) is 14.8 Å². The molecule has 1 N–H and O–H groups in total. The highest BCUT2D eigenvalue weighted by Gasteiger charge is 2.32. The summed E-state index contributed by atoms with van der Waals surface area (Å²) in [5.74, 6) is -0.556. The van der Waals surface area contributed by atoms with Crippen molar-refractivity contribution in [2.45, 2.75) is 37.3 Å². The molecule has 7 heteroatoms. The maximum absolute atomic E-state index is 12.7. The molecule has 0 aromatic heterocycles. The molecule has 0 saturated heterocycles. The first-order chi connectivity index (χ1) is 8.95. The van der Waals surface area contributed by atoms with Crippen LogP contribution in [-0.2, 0) is 6.18 Å². The van der Waals surface area contributed by atoms with Gasteiger partial charge < -0.3 is 5.32 Å². The molecule has 0 fully saturated rings. The van der Waals surface area contributed by atoms with E-state index in [0.29, 0.717) is 4.47 Å². The summed E-state index contributed by atoms with van der Waals surface area (Å²) in [7, 11) is 0. The van der Waals surface area contributed by atoms with E-state index < -0.39 is 23.2 Å². The molecule has 2 nitrogen and oxygen atoms in total. The highest BCUT2D eigenvalue weighted by atomic mass is 79.9. The molecule has 1 amide bonds. The molecule has 112 valence electrons. The molecular formula is C13H14Br2F3NO. The Labute approximate surface area is 132 Å². The first-order valence-electron chi connectivity index (χ1n) is 5.78. The van der Waals surface area contributed by atoms with E-state index in [-0.39, 0.29) is 10.4 Å². The molecule has 0 aliphatic rings. The molecule has 0 aliphatic heterocycles. The minimum Gasteiger partial charge on any atom is -0.346 e. The Balaban J connectivity index is 3.11. The molecule has 0 radical (unpaired) electrons. The zero-order valence-electron chi connectivity index (χ0n) is 11.1. The summed E-state index contributed by atoms with van der Waals surface area (Å²) in [5.41, 5.74) is -1.48. The first kappa shape index (κ1) is 17.5. The van der Waals surface area contributed by atoms with Gasteiger partial charge in [-0.2, -0.15) is 13.2 Å². The van der Waals surface area contributed by atoms with Crippen molar-refractivity contribution in [2.75, 3.05) is 0 Å². The van der Waals surface area contributed by atoms with E-state index in [2.05, 4.69) is 37.2 Å². The van der Waals surface area contributed by atoms with Gasteiger partial charge in [-0.25, -0.2) is 0 Å². The Morgan fingerprint density at radius 2 is 1.85 bits per heavy atom. The minimum absolute atomic E-state index is 0.0384. The van der Waals surface area contributed by atoms with E-state index in [1.165, 1.54) is 6.07 Å². The van der Waals surface area contributed by atoms with Gasteiger partial charge in [-0.3, -0.25) is 4.79 Å². The third-order valence-electron chi connectivity index (χ3n) is 2.97. The van der Waals surface area contributed by atoms with Crippen LogP contribution >= 0.6 is 31.9 Å². The van der Waals surface area contributed by atoms with Crippen molar-refractivity contribution < 1.29 is 18.0 Å². The van der Waals surface area contributed by atoms with Crippen LogP contribution in [0, 0.1) is 0 Å². The molecule has 1 unspecified atom stereocenters. The maximum atomic E-state index is 12.7. The molecular weight excluding hydrogens is 403 g/mol. The number of rotatable bonds is 3. The SMILES string of the molecule is CC(Br)C(C)(C)NC(=O)c1cc(C(F)(F)F)ccc1Br. The molecule has 0 bridgehead atoms. The number of hydrogen-bond donors (Lipinski definition) is 1. The molecule has 0 spiro atoms. The largest absolute Gasteiger partial charge is 0.416 e. The summed E-state index contributed by atoms with van der Waals surface area (Å²) in [6, 6.07) is 3.00. The molecule has 0 saturated carbocycles. The van der Waals surface area contributed by atoms with E-state index in [4.69, 9.17) is 0 Å². The van der Waals surface area contributed by atoms with E-state index >= 15 is 0 Å². The quantitative estimate of drug-likeness (QED) is 0.707. The van der Waals surface area contributed by atoms with Crippen LogP contribution in [0.1, 0.15) is 36.7 Å². The van der Waals surface area contributed by atoms with E-state index in [1.807, 2.05) is 6.92 Å². The van der Waals surface area contributed by atoms with Crippen molar-refractivity contribution >= 4 is 37.8 Å². The number of benzene rings is 1. The average Bonchev–Trinajstić information content (AvgIpc) is 2.26. The molecule has 0 heterocycles. The number of nitrogens with one attached hydrogen (secondary N) is 1. The highest BCUT2D eigenvalue weighted by Crippen LogP contribution is 2.32. The fourth-order valence-electron chi connectivity index (χ4n) is 1.33. The summed E-state index contributed by atoms with van der Waals surface area (Å²) in [5, 5.41) is 2.71. The summed E-state index contributed by atoms with van der Waals surface area (Å²) in [4.78, 5) is 12.1.